The lowest BCUT2D eigenvalue weighted by Gasteiger charge is -2.43. The van der Waals surface area contributed by atoms with Crippen LogP contribution in [0.15, 0.2) is 84.9 Å². The zero-order valence-corrected chi connectivity index (χ0v) is 21.9. The normalized spacial score (nSPS) is 16.5. The van der Waals surface area contributed by atoms with E-state index in [1.165, 1.54) is 12.1 Å². The van der Waals surface area contributed by atoms with E-state index in [4.69, 9.17) is 0 Å². The van der Waals surface area contributed by atoms with E-state index in [2.05, 4.69) is 10.2 Å². The molecule has 3 amide bonds. The van der Waals surface area contributed by atoms with Gasteiger partial charge in [-0.15, -0.1) is 0 Å². The van der Waals surface area contributed by atoms with E-state index < -0.39 is 5.54 Å². The van der Waals surface area contributed by atoms with Gasteiger partial charge in [0.15, 0.2) is 0 Å². The Labute approximate surface area is 228 Å². The number of para-hydroxylation sites is 1. The van der Waals surface area contributed by atoms with Gasteiger partial charge in [-0.25, -0.2) is 4.39 Å². The molecule has 5 rings (SSSR count). The Morgan fingerprint density at radius 2 is 1.49 bits per heavy atom. The van der Waals surface area contributed by atoms with Crippen LogP contribution in [0, 0.1) is 5.82 Å². The molecule has 39 heavy (non-hydrogen) atoms. The van der Waals surface area contributed by atoms with E-state index in [0.717, 1.165) is 16.8 Å². The highest BCUT2D eigenvalue weighted by molar-refractivity contribution is 5.96. The number of carbonyl (C=O) groups excluding carboxylic acids is 3. The van der Waals surface area contributed by atoms with Crippen LogP contribution in [-0.2, 0) is 27.3 Å². The smallest absolute Gasteiger partial charge is 0.250 e. The van der Waals surface area contributed by atoms with Gasteiger partial charge in [0.05, 0.1) is 6.67 Å². The summed E-state index contributed by atoms with van der Waals surface area (Å²) in [6.07, 6.45) is 2.14. The van der Waals surface area contributed by atoms with Crippen molar-refractivity contribution in [1.82, 2.24) is 15.1 Å². The maximum Gasteiger partial charge on any atom is 0.250 e. The van der Waals surface area contributed by atoms with E-state index in [0.29, 0.717) is 45.4 Å². The van der Waals surface area contributed by atoms with Crippen molar-refractivity contribution < 1.29 is 18.8 Å². The summed E-state index contributed by atoms with van der Waals surface area (Å²) in [7, 11) is 0. The molecule has 202 valence electrons. The van der Waals surface area contributed by atoms with E-state index >= 15 is 0 Å². The predicted molar refractivity (Wildman–Crippen MR) is 147 cm³/mol. The number of piperidine rings is 1. The number of hydrogen-bond acceptors (Lipinski definition) is 4. The van der Waals surface area contributed by atoms with Crippen LogP contribution in [0.2, 0.25) is 0 Å². The van der Waals surface area contributed by atoms with Gasteiger partial charge in [0.25, 0.3) is 5.91 Å². The Kier molecular flexibility index (Phi) is 7.91. The number of anilines is 1. The highest BCUT2D eigenvalue weighted by Crippen LogP contribution is 2.39. The summed E-state index contributed by atoms with van der Waals surface area (Å²) < 4.78 is 13.2. The number of nitrogens with zero attached hydrogens (tertiary/aromatic N) is 3. The third kappa shape index (κ3) is 5.95. The molecule has 0 atom stereocenters. The number of likely N-dealkylation sites (tertiary alicyclic amines) is 1. The van der Waals surface area contributed by atoms with Gasteiger partial charge in [-0.2, -0.15) is 0 Å². The van der Waals surface area contributed by atoms with Crippen LogP contribution in [0.1, 0.15) is 30.4 Å². The lowest BCUT2D eigenvalue weighted by Crippen LogP contribution is -2.57. The Morgan fingerprint density at radius 1 is 0.846 bits per heavy atom. The van der Waals surface area contributed by atoms with Gasteiger partial charge in [0, 0.05) is 31.7 Å². The molecule has 8 heteroatoms. The Bertz CT molecular complexity index is 1290. The van der Waals surface area contributed by atoms with Gasteiger partial charge < -0.3 is 20.0 Å². The van der Waals surface area contributed by atoms with Gasteiger partial charge in [-0.05, 0) is 54.7 Å². The number of hydrogen-bond donors (Lipinski definition) is 1. The SMILES string of the molecule is O=C(CN1CN(c2ccccc2)C2(CCN(C(=O)CCc3ccccc3)CC2)C1=O)NCc1ccc(F)cc1. The summed E-state index contributed by atoms with van der Waals surface area (Å²) >= 11 is 0. The average molecular weight is 529 g/mol. The van der Waals surface area contributed by atoms with E-state index in [9.17, 15) is 18.8 Å². The molecule has 0 radical (unpaired) electrons. The van der Waals surface area contributed by atoms with Crippen molar-refractivity contribution in [3.8, 4) is 0 Å². The first kappa shape index (κ1) is 26.4. The van der Waals surface area contributed by atoms with E-state index in [1.54, 1.807) is 17.0 Å². The molecular formula is C31H33FN4O3. The molecule has 3 aromatic rings. The van der Waals surface area contributed by atoms with Crippen LogP contribution in [0.25, 0.3) is 0 Å². The third-order valence-electron chi connectivity index (χ3n) is 7.73. The van der Waals surface area contributed by atoms with Gasteiger partial charge in [-0.3, -0.25) is 14.4 Å². The van der Waals surface area contributed by atoms with Crippen molar-refractivity contribution >= 4 is 23.4 Å². The molecule has 2 aliphatic rings. The summed E-state index contributed by atoms with van der Waals surface area (Å²) in [4.78, 5) is 45.2. The van der Waals surface area contributed by atoms with Crippen molar-refractivity contribution in [3.63, 3.8) is 0 Å². The van der Waals surface area contributed by atoms with Crippen molar-refractivity contribution in [2.75, 3.05) is 31.2 Å². The van der Waals surface area contributed by atoms with Crippen molar-refractivity contribution in [3.05, 3.63) is 102 Å². The number of nitrogens with one attached hydrogen (secondary N) is 1. The second-order valence-electron chi connectivity index (χ2n) is 10.2. The van der Waals surface area contributed by atoms with Gasteiger partial charge in [-0.1, -0.05) is 60.7 Å². The van der Waals surface area contributed by atoms with Crippen molar-refractivity contribution in [2.24, 2.45) is 0 Å². The third-order valence-corrected chi connectivity index (χ3v) is 7.73. The highest BCUT2D eigenvalue weighted by atomic mass is 19.1. The Balaban J connectivity index is 1.24. The first-order valence-electron chi connectivity index (χ1n) is 13.4. The molecule has 1 spiro atoms. The lowest BCUT2D eigenvalue weighted by molar-refractivity contribution is -0.140. The largest absolute Gasteiger partial charge is 0.350 e. The second kappa shape index (κ2) is 11.7. The van der Waals surface area contributed by atoms with Crippen LogP contribution in [0.4, 0.5) is 10.1 Å². The minimum atomic E-state index is -0.797. The van der Waals surface area contributed by atoms with Gasteiger partial charge >= 0.3 is 0 Å². The maximum absolute atomic E-state index is 13.9. The number of halogens is 1. The molecule has 0 saturated carbocycles. The Hall–Kier alpha value is -4.20. The Morgan fingerprint density at radius 3 is 2.15 bits per heavy atom. The van der Waals surface area contributed by atoms with Crippen molar-refractivity contribution in [2.45, 2.75) is 37.8 Å². The highest BCUT2D eigenvalue weighted by Gasteiger charge is 2.54. The molecule has 2 saturated heterocycles. The molecule has 2 fully saturated rings. The number of carbonyl (C=O) groups is 3. The molecule has 7 nitrogen and oxygen atoms in total. The molecule has 0 unspecified atom stereocenters. The summed E-state index contributed by atoms with van der Waals surface area (Å²) in [6.45, 7) is 1.48. The van der Waals surface area contributed by atoms with E-state index in [1.807, 2.05) is 65.6 Å². The maximum atomic E-state index is 13.9. The van der Waals surface area contributed by atoms with Crippen LogP contribution in [0.3, 0.4) is 0 Å². The molecule has 3 aromatic carbocycles. The number of aryl methyl sites for hydroxylation is 1. The van der Waals surface area contributed by atoms with Crippen LogP contribution in [-0.4, -0.2) is 59.4 Å². The second-order valence-corrected chi connectivity index (χ2v) is 10.2. The van der Waals surface area contributed by atoms with Crippen molar-refractivity contribution in [1.29, 1.82) is 0 Å². The standard InChI is InChI=1S/C31H33FN4O3/c32-26-14-11-25(12-15-26)21-33-28(37)22-35-23-36(27-9-5-2-6-10-27)31(30(35)39)17-19-34(20-18-31)29(38)16-13-24-7-3-1-4-8-24/h1-12,14-15H,13,16-23H2,(H,33,37). The molecule has 0 aromatic heterocycles. The van der Waals surface area contributed by atoms with E-state index in [-0.39, 0.29) is 36.6 Å². The summed E-state index contributed by atoms with van der Waals surface area (Å²) in [6, 6.07) is 25.7. The molecule has 0 bridgehead atoms. The molecular weight excluding hydrogens is 495 g/mol. The number of rotatable bonds is 8. The monoisotopic (exact) mass is 528 g/mol. The minimum Gasteiger partial charge on any atom is -0.350 e. The quantitative estimate of drug-likeness (QED) is 0.484. The fraction of sp³-hybridized carbons (Fsp3) is 0.323. The van der Waals surface area contributed by atoms with Gasteiger partial charge in [0.2, 0.25) is 11.8 Å². The van der Waals surface area contributed by atoms with Crippen LogP contribution >= 0.6 is 0 Å². The fourth-order valence-electron chi connectivity index (χ4n) is 5.53. The topological polar surface area (TPSA) is 73.0 Å². The molecule has 2 aliphatic heterocycles. The average Bonchev–Trinajstić information content (AvgIpc) is 3.23. The summed E-state index contributed by atoms with van der Waals surface area (Å²) in [5.74, 6) is -0.587. The zero-order valence-electron chi connectivity index (χ0n) is 21.9. The first-order chi connectivity index (χ1) is 18.9. The lowest BCUT2D eigenvalue weighted by atomic mass is 9.85. The minimum absolute atomic E-state index is 0.0647. The fourth-order valence-corrected chi connectivity index (χ4v) is 5.53. The molecule has 0 aliphatic carbocycles. The first-order valence-corrected chi connectivity index (χ1v) is 13.4. The van der Waals surface area contributed by atoms with Crippen LogP contribution in [0.5, 0.6) is 0 Å². The van der Waals surface area contributed by atoms with Gasteiger partial charge in [0.1, 0.15) is 17.9 Å². The summed E-state index contributed by atoms with van der Waals surface area (Å²) in [5, 5.41) is 2.83. The number of benzene rings is 3. The zero-order chi connectivity index (χ0) is 27.2. The molecule has 1 N–H and O–H groups in total. The summed E-state index contributed by atoms with van der Waals surface area (Å²) in [5.41, 5.74) is 2.04. The number of amides is 3. The predicted octanol–water partition coefficient (Wildman–Crippen LogP) is 3.74. The van der Waals surface area contributed by atoms with Crippen LogP contribution < -0.4 is 10.2 Å². The molecule has 2 heterocycles.